The molecule has 0 fully saturated rings. The second kappa shape index (κ2) is 7.40. The Kier molecular flexibility index (Phi) is 4.64. The van der Waals surface area contributed by atoms with Crippen LogP contribution in [0.1, 0.15) is 27.0 Å². The van der Waals surface area contributed by atoms with Gasteiger partial charge in [0.2, 0.25) is 5.78 Å². The van der Waals surface area contributed by atoms with Crippen molar-refractivity contribution in [1.29, 1.82) is 0 Å². The van der Waals surface area contributed by atoms with Crippen LogP contribution < -0.4 is 5.32 Å². The monoisotopic (exact) mass is 367 g/mol. The predicted molar refractivity (Wildman–Crippen MR) is 110 cm³/mol. The van der Waals surface area contributed by atoms with Crippen LogP contribution >= 0.6 is 0 Å². The summed E-state index contributed by atoms with van der Waals surface area (Å²) in [5.41, 5.74) is 3.91. The summed E-state index contributed by atoms with van der Waals surface area (Å²) >= 11 is 0. The van der Waals surface area contributed by atoms with Crippen molar-refractivity contribution in [3.63, 3.8) is 0 Å². The van der Waals surface area contributed by atoms with E-state index in [-0.39, 0.29) is 23.1 Å². The highest BCUT2D eigenvalue weighted by molar-refractivity contribution is 6.54. The lowest BCUT2D eigenvalue weighted by Crippen LogP contribution is -2.17. The Hall–Kier alpha value is -3.86. The van der Waals surface area contributed by atoms with Gasteiger partial charge in [-0.15, -0.1) is 10.2 Å². The van der Waals surface area contributed by atoms with Crippen molar-refractivity contribution in [2.45, 2.75) is 6.92 Å². The quantitative estimate of drug-likeness (QED) is 0.430. The third-order valence-electron chi connectivity index (χ3n) is 4.53. The van der Waals surface area contributed by atoms with E-state index < -0.39 is 0 Å². The van der Waals surface area contributed by atoms with E-state index in [0.29, 0.717) is 16.7 Å². The summed E-state index contributed by atoms with van der Waals surface area (Å²) in [5, 5.41) is 11.2. The lowest BCUT2D eigenvalue weighted by atomic mass is 10.0. The molecule has 0 spiro atoms. The molecular formula is C23H17N3O2. The van der Waals surface area contributed by atoms with Gasteiger partial charge in [-0.2, -0.15) is 0 Å². The van der Waals surface area contributed by atoms with Crippen molar-refractivity contribution in [3.05, 3.63) is 101 Å². The summed E-state index contributed by atoms with van der Waals surface area (Å²) in [5.74, 6) is -0.577. The van der Waals surface area contributed by atoms with Crippen LogP contribution in [0.2, 0.25) is 0 Å². The van der Waals surface area contributed by atoms with Gasteiger partial charge in [-0.25, -0.2) is 0 Å². The molecule has 5 heteroatoms. The number of nitrogens with one attached hydrogen (secondary N) is 1. The van der Waals surface area contributed by atoms with Gasteiger partial charge >= 0.3 is 0 Å². The number of rotatable bonds is 4. The summed E-state index contributed by atoms with van der Waals surface area (Å²) in [6.07, 6.45) is 0. The highest BCUT2D eigenvalue weighted by atomic mass is 16.2. The van der Waals surface area contributed by atoms with Gasteiger partial charge in [0, 0.05) is 16.7 Å². The molecule has 4 rings (SSSR count). The smallest absolute Gasteiger partial charge is 0.276 e. The fraction of sp³-hybridized carbons (Fsp3) is 0.0435. The van der Waals surface area contributed by atoms with E-state index in [4.69, 9.17) is 0 Å². The number of amides is 1. The van der Waals surface area contributed by atoms with Crippen LogP contribution in [-0.4, -0.2) is 23.1 Å². The van der Waals surface area contributed by atoms with Crippen molar-refractivity contribution >= 4 is 28.8 Å². The maximum atomic E-state index is 13.0. The molecule has 0 saturated heterocycles. The van der Waals surface area contributed by atoms with Gasteiger partial charge in [0.25, 0.3) is 5.91 Å². The minimum absolute atomic E-state index is 0.188. The molecule has 3 aromatic carbocycles. The van der Waals surface area contributed by atoms with Gasteiger partial charge in [0.05, 0.1) is 5.69 Å². The van der Waals surface area contributed by atoms with Crippen molar-refractivity contribution in [3.8, 4) is 0 Å². The zero-order valence-corrected chi connectivity index (χ0v) is 15.2. The second-order valence-electron chi connectivity index (χ2n) is 6.41. The van der Waals surface area contributed by atoms with Crippen LogP contribution in [0.5, 0.6) is 0 Å². The first-order valence-corrected chi connectivity index (χ1v) is 8.87. The first kappa shape index (κ1) is 17.5. The number of hydrogen-bond acceptors (Lipinski definition) is 4. The Morgan fingerprint density at radius 1 is 0.821 bits per heavy atom. The lowest BCUT2D eigenvalue weighted by Gasteiger charge is -2.05. The number of carbonyl (C=O) groups is 2. The Labute approximate surface area is 162 Å². The summed E-state index contributed by atoms with van der Waals surface area (Å²) in [4.78, 5) is 25.4. The minimum atomic E-state index is -0.326. The van der Waals surface area contributed by atoms with Gasteiger partial charge in [0.1, 0.15) is 5.71 Å². The van der Waals surface area contributed by atoms with Gasteiger partial charge in [0.15, 0.2) is 5.71 Å². The number of ketones is 1. The SMILES string of the molecule is Cc1cccc2c1NC(=O)/C2=N\N=C(/C(=O)c1ccccc1)c1ccccc1. The van der Waals surface area contributed by atoms with Gasteiger partial charge in [-0.3, -0.25) is 9.59 Å². The largest absolute Gasteiger partial charge is 0.320 e. The summed E-state index contributed by atoms with van der Waals surface area (Å²) in [7, 11) is 0. The number of hydrogen-bond donors (Lipinski definition) is 1. The van der Waals surface area contributed by atoms with E-state index in [0.717, 1.165) is 11.3 Å². The fourth-order valence-corrected chi connectivity index (χ4v) is 3.08. The molecule has 1 heterocycles. The van der Waals surface area contributed by atoms with Gasteiger partial charge < -0.3 is 5.32 Å². The average Bonchev–Trinajstić information content (AvgIpc) is 3.06. The summed E-state index contributed by atoms with van der Waals surface area (Å²) in [6.45, 7) is 1.92. The van der Waals surface area contributed by atoms with Crippen LogP contribution in [0, 0.1) is 6.92 Å². The number of nitrogens with zero attached hydrogens (tertiary/aromatic N) is 2. The Balaban J connectivity index is 1.81. The van der Waals surface area contributed by atoms with E-state index in [1.165, 1.54) is 0 Å². The number of para-hydroxylation sites is 1. The molecule has 1 aliphatic rings. The third kappa shape index (κ3) is 3.25. The van der Waals surface area contributed by atoms with Crippen LogP contribution in [0.25, 0.3) is 0 Å². The number of Topliss-reactive ketones (excluding diaryl/α,β-unsaturated/α-hetero) is 1. The Bertz CT molecular complexity index is 1120. The van der Waals surface area contributed by atoms with Crippen LogP contribution in [0.4, 0.5) is 5.69 Å². The number of benzene rings is 3. The van der Waals surface area contributed by atoms with Crippen LogP contribution in [0.15, 0.2) is 89.1 Å². The first-order chi connectivity index (χ1) is 13.6. The minimum Gasteiger partial charge on any atom is -0.320 e. The van der Waals surface area contributed by atoms with Crippen LogP contribution in [-0.2, 0) is 4.79 Å². The molecule has 3 aromatic rings. The molecule has 0 aliphatic carbocycles. The van der Waals surface area contributed by atoms with Crippen molar-refractivity contribution < 1.29 is 9.59 Å². The molecule has 1 aliphatic heterocycles. The molecular weight excluding hydrogens is 350 g/mol. The topological polar surface area (TPSA) is 70.9 Å². The molecule has 0 radical (unpaired) electrons. The molecule has 1 N–H and O–H groups in total. The molecule has 0 bridgehead atoms. The number of fused-ring (bicyclic) bond motifs is 1. The molecule has 28 heavy (non-hydrogen) atoms. The maximum Gasteiger partial charge on any atom is 0.276 e. The zero-order chi connectivity index (χ0) is 19.5. The van der Waals surface area contributed by atoms with Gasteiger partial charge in [-0.1, -0.05) is 78.9 Å². The number of anilines is 1. The second-order valence-corrected chi connectivity index (χ2v) is 6.41. The normalized spacial score (nSPS) is 14.7. The molecule has 5 nitrogen and oxygen atoms in total. The molecule has 0 aromatic heterocycles. The molecule has 0 unspecified atom stereocenters. The molecule has 136 valence electrons. The third-order valence-corrected chi connectivity index (χ3v) is 4.53. The molecule has 1 amide bonds. The van der Waals surface area contributed by atoms with E-state index in [9.17, 15) is 9.59 Å². The van der Waals surface area contributed by atoms with E-state index in [1.54, 1.807) is 36.4 Å². The van der Waals surface area contributed by atoms with E-state index in [1.807, 2.05) is 49.4 Å². The van der Waals surface area contributed by atoms with Crippen molar-refractivity contribution in [2.75, 3.05) is 5.32 Å². The molecule has 0 saturated carbocycles. The number of carbonyl (C=O) groups excluding carboxylic acids is 2. The van der Waals surface area contributed by atoms with Gasteiger partial charge in [-0.05, 0) is 12.5 Å². The Morgan fingerprint density at radius 2 is 1.46 bits per heavy atom. The van der Waals surface area contributed by atoms with E-state index in [2.05, 4.69) is 15.5 Å². The predicted octanol–water partition coefficient (Wildman–Crippen LogP) is 4.02. The van der Waals surface area contributed by atoms with Crippen molar-refractivity contribution in [2.24, 2.45) is 10.2 Å². The first-order valence-electron chi connectivity index (χ1n) is 8.87. The lowest BCUT2D eigenvalue weighted by molar-refractivity contribution is -0.110. The van der Waals surface area contributed by atoms with Crippen molar-refractivity contribution in [1.82, 2.24) is 0 Å². The zero-order valence-electron chi connectivity index (χ0n) is 15.2. The summed E-state index contributed by atoms with van der Waals surface area (Å²) in [6, 6.07) is 23.6. The van der Waals surface area contributed by atoms with Crippen LogP contribution in [0.3, 0.4) is 0 Å². The highest BCUT2D eigenvalue weighted by Gasteiger charge is 2.27. The highest BCUT2D eigenvalue weighted by Crippen LogP contribution is 2.27. The molecule has 0 atom stereocenters. The standard InChI is InChI=1S/C23H17N3O2/c1-15-9-8-14-18-19(15)24-23(28)21(18)26-25-20(16-10-4-2-5-11-16)22(27)17-12-6-3-7-13-17/h2-14H,1H3,(H,24,26,28)/b25-20-. The Morgan fingerprint density at radius 3 is 2.14 bits per heavy atom. The van der Waals surface area contributed by atoms with E-state index >= 15 is 0 Å². The number of aryl methyl sites for hydroxylation is 1. The maximum absolute atomic E-state index is 13.0. The fourth-order valence-electron chi connectivity index (χ4n) is 3.08. The summed E-state index contributed by atoms with van der Waals surface area (Å²) < 4.78 is 0. The average molecular weight is 367 g/mol.